The predicted molar refractivity (Wildman–Crippen MR) is 61.6 cm³/mol. The number of piperidine rings is 1. The van der Waals surface area contributed by atoms with Crippen LogP contribution in [0.5, 0.6) is 0 Å². The number of rotatable bonds is 3. The van der Waals surface area contributed by atoms with Gasteiger partial charge in [0.25, 0.3) is 0 Å². The average molecular weight is 243 g/mol. The molecule has 2 saturated heterocycles. The van der Waals surface area contributed by atoms with Crippen LogP contribution in [-0.4, -0.2) is 57.5 Å². The molecular formula is C12H21NO4. The molecule has 2 bridgehead atoms. The van der Waals surface area contributed by atoms with Gasteiger partial charge in [0, 0.05) is 12.1 Å². The summed E-state index contributed by atoms with van der Waals surface area (Å²) in [6.45, 7) is 1.75. The third-order valence-electron chi connectivity index (χ3n) is 4.75. The van der Waals surface area contributed by atoms with Crippen molar-refractivity contribution in [2.24, 2.45) is 5.41 Å². The quantitative estimate of drug-likeness (QED) is 0.653. The Hall–Kier alpha value is -0.650. The molecule has 3 N–H and O–H groups in total. The topological polar surface area (TPSA) is 81.0 Å². The highest BCUT2D eigenvalue weighted by molar-refractivity contribution is 5.78. The highest BCUT2D eigenvalue weighted by atomic mass is 16.4. The van der Waals surface area contributed by atoms with E-state index in [0.29, 0.717) is 12.8 Å². The van der Waals surface area contributed by atoms with Crippen LogP contribution in [0, 0.1) is 5.41 Å². The summed E-state index contributed by atoms with van der Waals surface area (Å²) in [7, 11) is 1.90. The number of aliphatic hydroxyl groups is 2. The Kier molecular flexibility index (Phi) is 3.18. The minimum atomic E-state index is -1.42. The summed E-state index contributed by atoms with van der Waals surface area (Å²) in [5.41, 5.74) is -1.42. The first-order chi connectivity index (χ1) is 7.96. The molecule has 5 nitrogen and oxygen atoms in total. The van der Waals surface area contributed by atoms with Gasteiger partial charge in [0.2, 0.25) is 0 Å². The van der Waals surface area contributed by atoms with Gasteiger partial charge < -0.3 is 15.3 Å². The molecule has 1 unspecified atom stereocenters. The minimum absolute atomic E-state index is 0.256. The molecule has 2 aliphatic heterocycles. The second-order valence-electron chi connectivity index (χ2n) is 5.33. The first-order valence-corrected chi connectivity index (χ1v) is 6.27. The molecule has 2 heterocycles. The first-order valence-electron chi connectivity index (χ1n) is 6.27. The fraction of sp³-hybridized carbons (Fsp3) is 0.917. The number of fused-ring (bicyclic) bond motifs is 2. The Labute approximate surface area is 101 Å². The fourth-order valence-corrected chi connectivity index (χ4v) is 3.76. The summed E-state index contributed by atoms with van der Waals surface area (Å²) >= 11 is 0. The molecule has 5 atom stereocenters. The van der Waals surface area contributed by atoms with Gasteiger partial charge in [0.15, 0.2) is 0 Å². The van der Waals surface area contributed by atoms with Crippen molar-refractivity contribution in [2.45, 2.75) is 56.9 Å². The Bertz CT molecular complexity index is 322. The average Bonchev–Trinajstić information content (AvgIpc) is 2.54. The van der Waals surface area contributed by atoms with Crippen molar-refractivity contribution < 1.29 is 20.1 Å². The molecule has 0 aromatic rings. The van der Waals surface area contributed by atoms with Crippen molar-refractivity contribution in [3.05, 3.63) is 0 Å². The zero-order chi connectivity index (χ0) is 12.8. The minimum Gasteiger partial charge on any atom is -0.481 e. The van der Waals surface area contributed by atoms with Gasteiger partial charge in [-0.1, -0.05) is 6.92 Å². The van der Waals surface area contributed by atoms with E-state index in [1.807, 2.05) is 11.9 Å². The van der Waals surface area contributed by atoms with E-state index >= 15 is 0 Å². The zero-order valence-electron chi connectivity index (χ0n) is 10.3. The van der Waals surface area contributed by atoms with Crippen molar-refractivity contribution in [1.29, 1.82) is 0 Å². The van der Waals surface area contributed by atoms with Crippen molar-refractivity contribution in [1.82, 2.24) is 4.90 Å². The van der Waals surface area contributed by atoms with Crippen LogP contribution in [0.2, 0.25) is 0 Å². The van der Waals surface area contributed by atoms with Crippen molar-refractivity contribution in [2.75, 3.05) is 7.05 Å². The maximum atomic E-state index is 11.7. The second kappa shape index (κ2) is 4.23. The summed E-state index contributed by atoms with van der Waals surface area (Å²) < 4.78 is 0. The third-order valence-corrected chi connectivity index (χ3v) is 4.75. The van der Waals surface area contributed by atoms with Gasteiger partial charge in [0.05, 0.1) is 12.2 Å². The van der Waals surface area contributed by atoms with Crippen LogP contribution in [0.25, 0.3) is 0 Å². The highest BCUT2D eigenvalue weighted by Crippen LogP contribution is 2.48. The molecule has 0 aromatic heterocycles. The summed E-state index contributed by atoms with van der Waals surface area (Å²) in [6.07, 6.45) is 0.477. The summed E-state index contributed by atoms with van der Waals surface area (Å²) in [4.78, 5) is 13.7. The van der Waals surface area contributed by atoms with Crippen LogP contribution in [0.3, 0.4) is 0 Å². The standard InChI is InChI=1S/C12H21NO4/c1-3-9(14)12(11(16)17)8-5-4-7(13(8)2)6-10(12)15/h7-10,14-15H,3-6H2,1-2H3,(H,16,17)/t7-,8+,9?,10-,12+/m0/s1. The number of hydrogen-bond acceptors (Lipinski definition) is 4. The lowest BCUT2D eigenvalue weighted by molar-refractivity contribution is -0.189. The van der Waals surface area contributed by atoms with Crippen LogP contribution in [0.15, 0.2) is 0 Å². The zero-order valence-corrected chi connectivity index (χ0v) is 10.3. The van der Waals surface area contributed by atoms with Crippen LogP contribution < -0.4 is 0 Å². The van der Waals surface area contributed by atoms with E-state index in [0.717, 1.165) is 12.8 Å². The molecule has 98 valence electrons. The Morgan fingerprint density at radius 3 is 2.71 bits per heavy atom. The lowest BCUT2D eigenvalue weighted by atomic mass is 9.67. The molecular weight excluding hydrogens is 222 g/mol. The predicted octanol–water partition coefficient (Wildman–Crippen LogP) is 0.0557. The largest absolute Gasteiger partial charge is 0.481 e. The maximum absolute atomic E-state index is 11.7. The molecule has 2 aliphatic rings. The normalized spacial score (nSPS) is 43.6. The molecule has 0 aliphatic carbocycles. The third kappa shape index (κ3) is 1.53. The highest BCUT2D eigenvalue weighted by Gasteiger charge is 2.63. The molecule has 17 heavy (non-hydrogen) atoms. The van der Waals surface area contributed by atoms with Crippen molar-refractivity contribution in [3.8, 4) is 0 Å². The van der Waals surface area contributed by atoms with Gasteiger partial charge in [-0.15, -0.1) is 0 Å². The molecule has 5 heteroatoms. The number of nitrogens with zero attached hydrogens (tertiary/aromatic N) is 1. The second-order valence-corrected chi connectivity index (χ2v) is 5.33. The van der Waals surface area contributed by atoms with E-state index in [9.17, 15) is 20.1 Å². The van der Waals surface area contributed by atoms with E-state index in [1.165, 1.54) is 0 Å². The molecule has 0 radical (unpaired) electrons. The van der Waals surface area contributed by atoms with Gasteiger partial charge in [-0.3, -0.25) is 9.69 Å². The van der Waals surface area contributed by atoms with E-state index in [-0.39, 0.29) is 12.1 Å². The number of aliphatic hydroxyl groups excluding tert-OH is 2. The van der Waals surface area contributed by atoms with E-state index in [4.69, 9.17) is 0 Å². The lowest BCUT2D eigenvalue weighted by Crippen LogP contribution is -2.65. The van der Waals surface area contributed by atoms with Crippen LogP contribution in [0.4, 0.5) is 0 Å². The van der Waals surface area contributed by atoms with E-state index < -0.39 is 23.6 Å². The van der Waals surface area contributed by atoms with E-state index in [1.54, 1.807) is 6.92 Å². The Morgan fingerprint density at radius 2 is 2.18 bits per heavy atom. The lowest BCUT2D eigenvalue weighted by Gasteiger charge is -2.49. The van der Waals surface area contributed by atoms with Gasteiger partial charge in [-0.2, -0.15) is 0 Å². The first kappa shape index (κ1) is 12.8. The van der Waals surface area contributed by atoms with Gasteiger partial charge in [-0.25, -0.2) is 0 Å². The number of carboxylic acid groups (broad SMARTS) is 1. The summed E-state index contributed by atoms with van der Waals surface area (Å²) in [5.74, 6) is -1.07. The number of carbonyl (C=O) groups is 1. The number of hydrogen-bond donors (Lipinski definition) is 3. The Balaban J connectivity index is 2.45. The SMILES string of the molecule is CCC(O)[C@@]1(C(=O)O)[C@@H](O)C[C@@H]2CC[C@H]1N2C. The number of aliphatic carboxylic acids is 1. The van der Waals surface area contributed by atoms with Crippen LogP contribution in [-0.2, 0) is 4.79 Å². The molecule has 0 amide bonds. The van der Waals surface area contributed by atoms with Gasteiger partial charge in [-0.05, 0) is 32.7 Å². The fourth-order valence-electron chi connectivity index (χ4n) is 3.76. The monoisotopic (exact) mass is 243 g/mol. The van der Waals surface area contributed by atoms with Crippen molar-refractivity contribution in [3.63, 3.8) is 0 Å². The molecule has 2 rings (SSSR count). The molecule has 2 fully saturated rings. The molecule has 0 spiro atoms. The van der Waals surface area contributed by atoms with Crippen LogP contribution in [0.1, 0.15) is 32.6 Å². The Morgan fingerprint density at radius 1 is 1.53 bits per heavy atom. The molecule has 0 saturated carbocycles. The van der Waals surface area contributed by atoms with Crippen molar-refractivity contribution >= 4 is 5.97 Å². The van der Waals surface area contributed by atoms with E-state index in [2.05, 4.69) is 0 Å². The summed E-state index contributed by atoms with van der Waals surface area (Å²) in [6, 6.07) is -0.00442. The van der Waals surface area contributed by atoms with Crippen LogP contribution >= 0.6 is 0 Å². The maximum Gasteiger partial charge on any atom is 0.316 e. The summed E-state index contributed by atoms with van der Waals surface area (Å²) in [5, 5.41) is 29.9. The number of carboxylic acids is 1. The molecule has 0 aromatic carbocycles. The van der Waals surface area contributed by atoms with Gasteiger partial charge >= 0.3 is 5.97 Å². The smallest absolute Gasteiger partial charge is 0.316 e. The van der Waals surface area contributed by atoms with Gasteiger partial charge in [0.1, 0.15) is 5.41 Å².